The number of nitriles is 1. The SMILES string of the molecule is CCC(CC)n1nnc(CC#N)c1C(F)(F)F. The fourth-order valence-electron chi connectivity index (χ4n) is 1.70. The second-order valence-electron chi connectivity index (χ2n) is 3.63. The normalized spacial score (nSPS) is 11.8. The van der Waals surface area contributed by atoms with Crippen molar-refractivity contribution in [3.63, 3.8) is 0 Å². The van der Waals surface area contributed by atoms with Gasteiger partial charge in [0.05, 0.1) is 18.5 Å². The molecule has 1 aromatic heterocycles. The third kappa shape index (κ3) is 2.75. The highest BCUT2D eigenvalue weighted by molar-refractivity contribution is 5.18. The molecule has 1 rings (SSSR count). The minimum absolute atomic E-state index is 0.299. The fourth-order valence-corrected chi connectivity index (χ4v) is 1.70. The van der Waals surface area contributed by atoms with Crippen LogP contribution in [0.15, 0.2) is 0 Å². The number of hydrogen-bond donors (Lipinski definition) is 0. The molecule has 0 aliphatic carbocycles. The molecule has 0 radical (unpaired) electrons. The Labute approximate surface area is 97.0 Å². The summed E-state index contributed by atoms with van der Waals surface area (Å²) in [6.07, 6.45) is -3.84. The van der Waals surface area contributed by atoms with Gasteiger partial charge in [-0.3, -0.25) is 0 Å². The molecule has 94 valence electrons. The van der Waals surface area contributed by atoms with Crippen molar-refractivity contribution < 1.29 is 13.2 Å². The van der Waals surface area contributed by atoms with Crippen LogP contribution < -0.4 is 0 Å². The smallest absolute Gasteiger partial charge is 0.237 e. The number of halogens is 3. The van der Waals surface area contributed by atoms with Gasteiger partial charge in [0.25, 0.3) is 0 Å². The number of hydrogen-bond acceptors (Lipinski definition) is 3. The maximum absolute atomic E-state index is 12.9. The first-order valence-corrected chi connectivity index (χ1v) is 5.33. The molecule has 0 aliphatic rings. The van der Waals surface area contributed by atoms with E-state index in [1.807, 2.05) is 0 Å². The first kappa shape index (κ1) is 13.5. The van der Waals surface area contributed by atoms with E-state index in [1.54, 1.807) is 19.9 Å². The van der Waals surface area contributed by atoms with Crippen molar-refractivity contribution in [1.29, 1.82) is 5.26 Å². The Morgan fingerprint density at radius 1 is 1.35 bits per heavy atom. The van der Waals surface area contributed by atoms with Gasteiger partial charge in [-0.25, -0.2) is 4.68 Å². The van der Waals surface area contributed by atoms with E-state index in [-0.39, 0.29) is 18.2 Å². The Hall–Kier alpha value is -1.58. The number of rotatable bonds is 4. The van der Waals surface area contributed by atoms with Crippen LogP contribution in [0.5, 0.6) is 0 Å². The minimum Gasteiger partial charge on any atom is -0.237 e. The molecule has 0 aromatic carbocycles. The van der Waals surface area contributed by atoms with Gasteiger partial charge in [-0.05, 0) is 12.8 Å². The summed E-state index contributed by atoms with van der Waals surface area (Å²) in [5.74, 6) is 0. The summed E-state index contributed by atoms with van der Waals surface area (Å²) in [5.41, 5.74) is -1.19. The highest BCUT2D eigenvalue weighted by atomic mass is 19.4. The molecule has 0 spiro atoms. The van der Waals surface area contributed by atoms with Gasteiger partial charge in [-0.1, -0.05) is 19.1 Å². The maximum Gasteiger partial charge on any atom is 0.434 e. The molecule has 0 aliphatic heterocycles. The molecule has 17 heavy (non-hydrogen) atoms. The zero-order valence-electron chi connectivity index (χ0n) is 9.62. The van der Waals surface area contributed by atoms with E-state index in [0.29, 0.717) is 12.8 Å². The molecule has 0 saturated carbocycles. The molecule has 0 amide bonds. The Balaban J connectivity index is 3.28. The molecule has 1 aromatic rings. The van der Waals surface area contributed by atoms with Crippen LogP contribution in [0, 0.1) is 11.3 Å². The van der Waals surface area contributed by atoms with Crippen molar-refractivity contribution in [2.75, 3.05) is 0 Å². The summed E-state index contributed by atoms with van der Waals surface area (Å²) >= 11 is 0. The van der Waals surface area contributed by atoms with Crippen LogP contribution in [0.3, 0.4) is 0 Å². The van der Waals surface area contributed by atoms with Crippen LogP contribution in [0.1, 0.15) is 44.1 Å². The lowest BCUT2D eigenvalue weighted by atomic mass is 10.1. The van der Waals surface area contributed by atoms with Gasteiger partial charge in [0, 0.05) is 0 Å². The summed E-state index contributed by atoms with van der Waals surface area (Å²) < 4.78 is 39.6. The van der Waals surface area contributed by atoms with Gasteiger partial charge >= 0.3 is 6.18 Å². The predicted octanol–water partition coefficient (Wildman–Crippen LogP) is 2.72. The standard InChI is InChI=1S/C10H13F3N4/c1-3-7(4-2)17-9(10(11,12)13)8(5-6-14)15-16-17/h7H,3-5H2,1-2H3. The van der Waals surface area contributed by atoms with Gasteiger partial charge in [-0.15, -0.1) is 5.10 Å². The molecule has 0 saturated heterocycles. The highest BCUT2D eigenvalue weighted by Gasteiger charge is 2.40. The molecule has 4 nitrogen and oxygen atoms in total. The van der Waals surface area contributed by atoms with Crippen LogP contribution >= 0.6 is 0 Å². The van der Waals surface area contributed by atoms with Gasteiger partial charge < -0.3 is 0 Å². The van der Waals surface area contributed by atoms with E-state index in [9.17, 15) is 13.2 Å². The Morgan fingerprint density at radius 3 is 2.35 bits per heavy atom. The van der Waals surface area contributed by atoms with Crippen LogP contribution in [0.4, 0.5) is 13.2 Å². The average Bonchev–Trinajstić information content (AvgIpc) is 2.64. The van der Waals surface area contributed by atoms with Crippen molar-refractivity contribution in [3.8, 4) is 6.07 Å². The summed E-state index contributed by atoms with van der Waals surface area (Å²) in [6, 6.07) is 1.33. The number of aromatic nitrogens is 3. The van der Waals surface area contributed by atoms with E-state index in [1.165, 1.54) is 0 Å². The monoisotopic (exact) mass is 246 g/mol. The quantitative estimate of drug-likeness (QED) is 0.820. The topological polar surface area (TPSA) is 54.5 Å². The molecular weight excluding hydrogens is 233 g/mol. The predicted molar refractivity (Wildman–Crippen MR) is 54.0 cm³/mol. The third-order valence-corrected chi connectivity index (χ3v) is 2.57. The second kappa shape index (κ2) is 5.17. The lowest BCUT2D eigenvalue weighted by Crippen LogP contribution is -2.20. The summed E-state index contributed by atoms with van der Waals surface area (Å²) in [5, 5.41) is 15.5. The molecule has 1 heterocycles. The van der Waals surface area contributed by atoms with Crippen LogP contribution in [-0.4, -0.2) is 15.0 Å². The molecular formula is C10H13F3N4. The Kier molecular flexibility index (Phi) is 4.10. The summed E-state index contributed by atoms with van der Waals surface area (Å²) in [6.45, 7) is 3.58. The molecule has 0 atom stereocenters. The van der Waals surface area contributed by atoms with Crippen molar-refractivity contribution in [2.45, 2.75) is 45.3 Å². The van der Waals surface area contributed by atoms with E-state index in [0.717, 1.165) is 4.68 Å². The van der Waals surface area contributed by atoms with Gasteiger partial charge in [-0.2, -0.15) is 18.4 Å². The third-order valence-electron chi connectivity index (χ3n) is 2.57. The van der Waals surface area contributed by atoms with Crippen LogP contribution in [0.2, 0.25) is 0 Å². The lowest BCUT2D eigenvalue weighted by molar-refractivity contribution is -0.145. The van der Waals surface area contributed by atoms with Crippen molar-refractivity contribution in [1.82, 2.24) is 15.0 Å². The van der Waals surface area contributed by atoms with E-state index >= 15 is 0 Å². The van der Waals surface area contributed by atoms with E-state index in [4.69, 9.17) is 5.26 Å². The largest absolute Gasteiger partial charge is 0.434 e. The average molecular weight is 246 g/mol. The van der Waals surface area contributed by atoms with Gasteiger partial charge in [0.2, 0.25) is 0 Å². The minimum atomic E-state index is -4.53. The molecule has 0 unspecified atom stereocenters. The Bertz CT molecular complexity index is 412. The Morgan fingerprint density at radius 2 is 1.94 bits per heavy atom. The maximum atomic E-state index is 12.9. The fraction of sp³-hybridized carbons (Fsp3) is 0.700. The molecule has 7 heteroatoms. The highest BCUT2D eigenvalue weighted by Crippen LogP contribution is 2.33. The number of alkyl halides is 3. The molecule has 0 N–H and O–H groups in total. The zero-order chi connectivity index (χ0) is 13.1. The molecule has 0 bridgehead atoms. The van der Waals surface area contributed by atoms with Crippen LogP contribution in [0.25, 0.3) is 0 Å². The number of nitrogens with zero attached hydrogens (tertiary/aromatic N) is 4. The summed E-state index contributed by atoms with van der Waals surface area (Å²) in [4.78, 5) is 0. The first-order valence-electron chi connectivity index (χ1n) is 5.33. The van der Waals surface area contributed by atoms with Crippen molar-refractivity contribution >= 4 is 0 Å². The van der Waals surface area contributed by atoms with E-state index in [2.05, 4.69) is 10.3 Å². The summed E-state index contributed by atoms with van der Waals surface area (Å²) in [7, 11) is 0. The first-order chi connectivity index (χ1) is 7.95. The lowest BCUT2D eigenvalue weighted by Gasteiger charge is -2.17. The molecule has 0 fully saturated rings. The zero-order valence-corrected chi connectivity index (χ0v) is 9.62. The van der Waals surface area contributed by atoms with E-state index < -0.39 is 11.9 Å². The van der Waals surface area contributed by atoms with Crippen molar-refractivity contribution in [2.24, 2.45) is 0 Å². The second-order valence-corrected chi connectivity index (χ2v) is 3.63. The van der Waals surface area contributed by atoms with Crippen LogP contribution in [-0.2, 0) is 12.6 Å². The van der Waals surface area contributed by atoms with Gasteiger partial charge in [0.15, 0.2) is 5.69 Å². The van der Waals surface area contributed by atoms with Gasteiger partial charge in [0.1, 0.15) is 5.69 Å². The van der Waals surface area contributed by atoms with Crippen molar-refractivity contribution in [3.05, 3.63) is 11.4 Å².